The maximum atomic E-state index is 13.3. The Bertz CT molecular complexity index is 393. The first kappa shape index (κ1) is 12.4. The Morgan fingerprint density at radius 2 is 2.06 bits per heavy atom. The van der Waals surface area contributed by atoms with Crippen LogP contribution >= 0.6 is 0 Å². The van der Waals surface area contributed by atoms with Crippen molar-refractivity contribution in [3.8, 4) is 0 Å². The molecule has 0 aromatic heterocycles. The molecule has 0 atom stereocenters. The van der Waals surface area contributed by atoms with Crippen LogP contribution in [0.15, 0.2) is 12.1 Å². The van der Waals surface area contributed by atoms with Crippen LogP contribution in [-0.2, 0) is 6.42 Å². The summed E-state index contributed by atoms with van der Waals surface area (Å²) in [6, 6.07) is 2.63. The number of hydrogen-bond donors (Lipinski definition) is 3. The summed E-state index contributed by atoms with van der Waals surface area (Å²) in [6.45, 7) is 1.92. The van der Waals surface area contributed by atoms with Gasteiger partial charge in [-0.15, -0.1) is 0 Å². The van der Waals surface area contributed by atoms with Crippen molar-refractivity contribution in [1.29, 1.82) is 0 Å². The van der Waals surface area contributed by atoms with Crippen molar-refractivity contribution in [2.24, 2.45) is 0 Å². The lowest BCUT2D eigenvalue weighted by atomic mass is 10.0. The lowest BCUT2D eigenvalue weighted by Gasteiger charge is -2.13. The molecule has 0 radical (unpaired) electrons. The Hall–Kier alpha value is -1.62. The number of amides is 1. The highest BCUT2D eigenvalue weighted by Crippen LogP contribution is 2.22. The summed E-state index contributed by atoms with van der Waals surface area (Å²) in [7, 11) is 3.29. The first-order chi connectivity index (χ1) is 7.63. The molecule has 0 spiro atoms. The number of rotatable bonds is 4. The Labute approximate surface area is 94.2 Å². The average molecular weight is 225 g/mol. The molecule has 1 amide bonds. The van der Waals surface area contributed by atoms with Gasteiger partial charge in [-0.3, -0.25) is 10.2 Å². The Balaban J connectivity index is 3.24. The van der Waals surface area contributed by atoms with Gasteiger partial charge in [-0.2, -0.15) is 0 Å². The number of hydrogen-bond acceptors (Lipinski definition) is 3. The van der Waals surface area contributed by atoms with Crippen molar-refractivity contribution in [1.82, 2.24) is 10.9 Å². The van der Waals surface area contributed by atoms with Gasteiger partial charge in [0.15, 0.2) is 0 Å². The molecule has 0 bridgehead atoms. The molecule has 88 valence electrons. The molecule has 0 saturated carbocycles. The molecule has 0 aliphatic rings. The van der Waals surface area contributed by atoms with E-state index in [1.807, 2.05) is 6.92 Å². The predicted molar refractivity (Wildman–Crippen MR) is 61.9 cm³/mol. The molecular weight excluding hydrogens is 209 g/mol. The van der Waals surface area contributed by atoms with Gasteiger partial charge < -0.3 is 5.32 Å². The van der Waals surface area contributed by atoms with Gasteiger partial charge >= 0.3 is 0 Å². The van der Waals surface area contributed by atoms with Crippen LogP contribution in [0, 0.1) is 5.82 Å². The normalized spacial score (nSPS) is 10.0. The minimum atomic E-state index is -0.428. The molecule has 1 aromatic carbocycles. The molecule has 1 aromatic rings. The zero-order valence-electron chi connectivity index (χ0n) is 9.65. The Kier molecular flexibility index (Phi) is 4.25. The van der Waals surface area contributed by atoms with E-state index in [2.05, 4.69) is 16.2 Å². The van der Waals surface area contributed by atoms with E-state index in [4.69, 9.17) is 0 Å². The fourth-order valence-corrected chi connectivity index (χ4v) is 1.62. The van der Waals surface area contributed by atoms with Crippen LogP contribution in [0.25, 0.3) is 0 Å². The van der Waals surface area contributed by atoms with Crippen molar-refractivity contribution in [2.45, 2.75) is 13.3 Å². The van der Waals surface area contributed by atoms with Crippen LogP contribution in [0.3, 0.4) is 0 Å². The average Bonchev–Trinajstić information content (AvgIpc) is 2.28. The van der Waals surface area contributed by atoms with E-state index >= 15 is 0 Å². The molecule has 0 saturated heterocycles. The second-order valence-electron chi connectivity index (χ2n) is 3.29. The van der Waals surface area contributed by atoms with Crippen LogP contribution in [0.4, 0.5) is 10.1 Å². The smallest absolute Gasteiger partial charge is 0.265 e. The van der Waals surface area contributed by atoms with Gasteiger partial charge in [-0.25, -0.2) is 9.82 Å². The van der Waals surface area contributed by atoms with Crippen LogP contribution < -0.4 is 16.2 Å². The van der Waals surface area contributed by atoms with Crippen LogP contribution in [0.1, 0.15) is 22.8 Å². The molecule has 16 heavy (non-hydrogen) atoms. The van der Waals surface area contributed by atoms with Gasteiger partial charge in [-0.1, -0.05) is 6.92 Å². The van der Waals surface area contributed by atoms with E-state index in [9.17, 15) is 9.18 Å². The third kappa shape index (κ3) is 2.49. The summed E-state index contributed by atoms with van der Waals surface area (Å²) in [6.07, 6.45) is 0.656. The number of benzene rings is 1. The molecule has 3 N–H and O–H groups in total. The second kappa shape index (κ2) is 5.46. The van der Waals surface area contributed by atoms with Gasteiger partial charge in [-0.05, 0) is 24.1 Å². The predicted octanol–water partition coefficient (Wildman–Crippen LogP) is 1.29. The van der Waals surface area contributed by atoms with Crippen molar-refractivity contribution in [3.63, 3.8) is 0 Å². The van der Waals surface area contributed by atoms with Gasteiger partial charge in [0.05, 0.1) is 0 Å². The standard InChI is InChI=1S/C11H16FN3O/c1-4-8-9(11(16)15-14-3)5-7(12)6-10(8)13-2/h5-6,13-14H,4H2,1-3H3,(H,15,16). The minimum Gasteiger partial charge on any atom is -0.388 e. The van der Waals surface area contributed by atoms with Crippen molar-refractivity contribution in [2.75, 3.05) is 19.4 Å². The van der Waals surface area contributed by atoms with Crippen molar-refractivity contribution in [3.05, 3.63) is 29.1 Å². The largest absolute Gasteiger partial charge is 0.388 e. The molecule has 5 heteroatoms. The monoisotopic (exact) mass is 225 g/mol. The van der Waals surface area contributed by atoms with Crippen LogP contribution in [-0.4, -0.2) is 20.0 Å². The quantitative estimate of drug-likeness (QED) is 0.677. The maximum absolute atomic E-state index is 13.3. The number of hydrazine groups is 1. The van der Waals surface area contributed by atoms with Gasteiger partial charge in [0, 0.05) is 25.3 Å². The highest BCUT2D eigenvalue weighted by Gasteiger charge is 2.14. The lowest BCUT2D eigenvalue weighted by Crippen LogP contribution is -2.34. The molecule has 0 unspecified atom stereocenters. The number of carbonyl (C=O) groups is 1. The van der Waals surface area contributed by atoms with E-state index in [1.165, 1.54) is 12.1 Å². The molecule has 0 fully saturated rings. The summed E-state index contributed by atoms with van der Waals surface area (Å²) in [4.78, 5) is 11.7. The number of halogens is 1. The number of anilines is 1. The summed E-state index contributed by atoms with van der Waals surface area (Å²) in [5.41, 5.74) is 6.76. The van der Waals surface area contributed by atoms with E-state index in [1.54, 1.807) is 14.1 Å². The highest BCUT2D eigenvalue weighted by atomic mass is 19.1. The third-order valence-electron chi connectivity index (χ3n) is 2.32. The first-order valence-corrected chi connectivity index (χ1v) is 5.11. The zero-order valence-corrected chi connectivity index (χ0v) is 9.65. The lowest BCUT2D eigenvalue weighted by molar-refractivity contribution is 0.0936. The van der Waals surface area contributed by atoms with Crippen LogP contribution in [0.5, 0.6) is 0 Å². The van der Waals surface area contributed by atoms with Crippen molar-refractivity contribution >= 4 is 11.6 Å². The number of carbonyl (C=O) groups excluding carboxylic acids is 1. The highest BCUT2D eigenvalue weighted by molar-refractivity contribution is 5.96. The molecule has 0 heterocycles. The van der Waals surface area contributed by atoms with Gasteiger partial charge in [0.1, 0.15) is 5.82 Å². The van der Waals surface area contributed by atoms with Crippen molar-refractivity contribution < 1.29 is 9.18 Å². The molecular formula is C11H16FN3O. The maximum Gasteiger partial charge on any atom is 0.265 e. The molecule has 0 aliphatic carbocycles. The topological polar surface area (TPSA) is 53.2 Å². The summed E-state index contributed by atoms with van der Waals surface area (Å²) >= 11 is 0. The fraction of sp³-hybridized carbons (Fsp3) is 0.364. The van der Waals surface area contributed by atoms with E-state index in [0.717, 1.165) is 5.56 Å². The zero-order chi connectivity index (χ0) is 12.1. The molecule has 0 aliphatic heterocycles. The van der Waals surface area contributed by atoms with Gasteiger partial charge in [0.2, 0.25) is 0 Å². The molecule has 1 rings (SSSR count). The van der Waals surface area contributed by atoms with E-state index < -0.39 is 5.82 Å². The summed E-state index contributed by atoms with van der Waals surface area (Å²) in [5, 5.41) is 2.88. The summed E-state index contributed by atoms with van der Waals surface area (Å²) in [5.74, 6) is -0.766. The Morgan fingerprint density at radius 3 is 2.56 bits per heavy atom. The molecule has 4 nitrogen and oxygen atoms in total. The third-order valence-corrected chi connectivity index (χ3v) is 2.32. The fourth-order valence-electron chi connectivity index (χ4n) is 1.62. The number of nitrogens with one attached hydrogen (secondary N) is 3. The van der Waals surface area contributed by atoms with E-state index in [0.29, 0.717) is 17.7 Å². The minimum absolute atomic E-state index is 0.338. The Morgan fingerprint density at radius 1 is 1.38 bits per heavy atom. The van der Waals surface area contributed by atoms with E-state index in [-0.39, 0.29) is 5.91 Å². The first-order valence-electron chi connectivity index (χ1n) is 5.11. The second-order valence-corrected chi connectivity index (χ2v) is 3.29. The summed E-state index contributed by atoms with van der Waals surface area (Å²) < 4.78 is 13.3. The van der Waals surface area contributed by atoms with Gasteiger partial charge in [0.25, 0.3) is 5.91 Å². The van der Waals surface area contributed by atoms with Crippen LogP contribution in [0.2, 0.25) is 0 Å². The SMILES string of the molecule is CCc1c(NC)cc(F)cc1C(=O)NNC.